The molecule has 0 aliphatic rings. The molecule has 1 heterocycles. The van der Waals surface area contributed by atoms with Gasteiger partial charge in [-0.15, -0.1) is 23.1 Å². The fourth-order valence-corrected chi connectivity index (χ4v) is 3.69. The number of nitrogens with one attached hydrogen (secondary N) is 2. The maximum atomic E-state index is 12.1. The van der Waals surface area contributed by atoms with Crippen molar-refractivity contribution in [3.63, 3.8) is 0 Å². The van der Waals surface area contributed by atoms with Crippen LogP contribution in [0.25, 0.3) is 0 Å². The molecule has 2 N–H and O–H groups in total. The first-order valence-electron chi connectivity index (χ1n) is 8.43. The van der Waals surface area contributed by atoms with Gasteiger partial charge in [0.1, 0.15) is 0 Å². The Morgan fingerprint density at radius 3 is 2.48 bits per heavy atom. The number of nitro benzene ring substituents is 1. The van der Waals surface area contributed by atoms with E-state index in [-0.39, 0.29) is 23.3 Å². The van der Waals surface area contributed by atoms with Gasteiger partial charge in [0, 0.05) is 40.8 Å². The van der Waals surface area contributed by atoms with Crippen LogP contribution in [-0.4, -0.2) is 27.5 Å². The quantitative estimate of drug-likeness (QED) is 0.411. The van der Waals surface area contributed by atoms with Crippen LogP contribution in [0.3, 0.4) is 0 Å². The van der Waals surface area contributed by atoms with Gasteiger partial charge in [0.15, 0.2) is 5.01 Å². The van der Waals surface area contributed by atoms with E-state index >= 15 is 0 Å². The van der Waals surface area contributed by atoms with Crippen LogP contribution < -0.4 is 10.6 Å². The number of benzene rings is 2. The molecule has 0 bridgehead atoms. The number of non-ortho nitro benzene ring substituents is 1. The van der Waals surface area contributed by atoms with Gasteiger partial charge >= 0.3 is 0 Å². The Bertz CT molecular complexity index is 1010. The first-order valence-corrected chi connectivity index (χ1v) is 10.5. The number of amides is 2. The van der Waals surface area contributed by atoms with Gasteiger partial charge in [-0.05, 0) is 23.8 Å². The number of nitro groups is 1. The lowest BCUT2D eigenvalue weighted by atomic mass is 10.2. The maximum absolute atomic E-state index is 12.1. The van der Waals surface area contributed by atoms with Crippen molar-refractivity contribution < 1.29 is 14.5 Å². The molecule has 2 amide bonds. The highest BCUT2D eigenvalue weighted by Crippen LogP contribution is 2.19. The fraction of sp³-hybridized carbons (Fsp3) is 0.105. The van der Waals surface area contributed by atoms with Crippen LogP contribution in [0.2, 0.25) is 0 Å². The topological polar surface area (TPSA) is 114 Å². The number of hydrogen-bond acceptors (Lipinski definition) is 7. The molecule has 0 aliphatic carbocycles. The van der Waals surface area contributed by atoms with Gasteiger partial charge in [-0.2, -0.15) is 0 Å². The molecule has 3 rings (SSSR count). The van der Waals surface area contributed by atoms with Crippen molar-refractivity contribution in [1.29, 1.82) is 0 Å². The van der Waals surface area contributed by atoms with E-state index in [9.17, 15) is 19.7 Å². The molecule has 10 heteroatoms. The highest BCUT2D eigenvalue weighted by Gasteiger charge is 2.10. The van der Waals surface area contributed by atoms with E-state index < -0.39 is 4.92 Å². The van der Waals surface area contributed by atoms with Gasteiger partial charge in [0.2, 0.25) is 5.91 Å². The molecule has 0 atom stereocenters. The van der Waals surface area contributed by atoms with Crippen LogP contribution in [-0.2, 0) is 10.5 Å². The number of nitrogens with zero attached hydrogens (tertiary/aromatic N) is 2. The standard InChI is InChI=1S/C19H16N4O4S2/c24-17(12-28-11-13-4-6-16(7-5-13)23(26)27)21-14-2-1-3-15(10-14)22-18(25)19-20-8-9-29-19/h1-10H,11-12H2,(H,21,24)(H,22,25). The van der Waals surface area contributed by atoms with Crippen molar-refractivity contribution in [2.75, 3.05) is 16.4 Å². The molecule has 0 radical (unpaired) electrons. The number of carbonyl (C=O) groups excluding carboxylic acids is 2. The van der Waals surface area contributed by atoms with E-state index in [0.717, 1.165) is 5.56 Å². The summed E-state index contributed by atoms with van der Waals surface area (Å²) >= 11 is 2.65. The van der Waals surface area contributed by atoms with E-state index in [1.54, 1.807) is 48.0 Å². The second kappa shape index (κ2) is 9.80. The van der Waals surface area contributed by atoms with Gasteiger partial charge in [-0.3, -0.25) is 19.7 Å². The monoisotopic (exact) mass is 428 g/mol. The van der Waals surface area contributed by atoms with E-state index in [4.69, 9.17) is 0 Å². The highest BCUT2D eigenvalue weighted by molar-refractivity contribution is 7.99. The largest absolute Gasteiger partial charge is 0.325 e. The third-order valence-electron chi connectivity index (χ3n) is 3.68. The lowest BCUT2D eigenvalue weighted by Crippen LogP contribution is -2.15. The minimum atomic E-state index is -0.447. The number of hydrogen-bond donors (Lipinski definition) is 2. The molecule has 0 spiro atoms. The molecule has 0 unspecified atom stereocenters. The molecule has 3 aromatic rings. The number of anilines is 2. The summed E-state index contributed by atoms with van der Waals surface area (Å²) in [5.74, 6) is 0.310. The molecule has 1 aromatic heterocycles. The average molecular weight is 428 g/mol. The molecular weight excluding hydrogens is 412 g/mol. The normalized spacial score (nSPS) is 10.3. The number of aromatic nitrogens is 1. The van der Waals surface area contributed by atoms with Gasteiger partial charge in [0.25, 0.3) is 11.6 Å². The smallest absolute Gasteiger partial charge is 0.284 e. The summed E-state index contributed by atoms with van der Waals surface area (Å²) < 4.78 is 0. The number of thiazole rings is 1. The summed E-state index contributed by atoms with van der Waals surface area (Å²) in [6.07, 6.45) is 1.56. The summed E-state index contributed by atoms with van der Waals surface area (Å²) in [4.78, 5) is 38.4. The van der Waals surface area contributed by atoms with Crippen LogP contribution >= 0.6 is 23.1 Å². The maximum Gasteiger partial charge on any atom is 0.284 e. The van der Waals surface area contributed by atoms with Gasteiger partial charge in [-0.1, -0.05) is 18.2 Å². The predicted molar refractivity (Wildman–Crippen MR) is 114 cm³/mol. The van der Waals surface area contributed by atoms with Crippen LogP contribution in [0.1, 0.15) is 15.4 Å². The fourth-order valence-electron chi connectivity index (χ4n) is 2.37. The summed E-state index contributed by atoms with van der Waals surface area (Å²) in [5, 5.41) is 18.3. The molecule has 8 nitrogen and oxygen atoms in total. The second-order valence-electron chi connectivity index (χ2n) is 5.84. The lowest BCUT2D eigenvalue weighted by molar-refractivity contribution is -0.384. The molecule has 0 fully saturated rings. The van der Waals surface area contributed by atoms with Crippen LogP contribution in [0.15, 0.2) is 60.1 Å². The molecule has 0 saturated heterocycles. The zero-order chi connectivity index (χ0) is 20.6. The highest BCUT2D eigenvalue weighted by atomic mass is 32.2. The third kappa shape index (κ3) is 6.13. The van der Waals surface area contributed by atoms with Crippen molar-refractivity contribution in [2.45, 2.75) is 5.75 Å². The zero-order valence-corrected chi connectivity index (χ0v) is 16.7. The van der Waals surface area contributed by atoms with E-state index in [2.05, 4.69) is 15.6 Å². The van der Waals surface area contributed by atoms with Crippen molar-refractivity contribution in [3.8, 4) is 0 Å². The van der Waals surface area contributed by atoms with E-state index in [1.165, 1.54) is 35.2 Å². The number of thioether (sulfide) groups is 1. The summed E-state index contributed by atoms with van der Waals surface area (Å²) in [6, 6.07) is 13.1. The van der Waals surface area contributed by atoms with Crippen LogP contribution in [0.5, 0.6) is 0 Å². The minimum Gasteiger partial charge on any atom is -0.325 e. The van der Waals surface area contributed by atoms with Gasteiger partial charge in [-0.25, -0.2) is 4.98 Å². The van der Waals surface area contributed by atoms with Crippen molar-refractivity contribution in [1.82, 2.24) is 4.98 Å². The Labute approximate surface area is 174 Å². The third-order valence-corrected chi connectivity index (χ3v) is 5.46. The van der Waals surface area contributed by atoms with Crippen LogP contribution in [0, 0.1) is 10.1 Å². The van der Waals surface area contributed by atoms with Crippen LogP contribution in [0.4, 0.5) is 17.1 Å². The van der Waals surface area contributed by atoms with Crippen molar-refractivity contribution in [2.24, 2.45) is 0 Å². The Hall–Kier alpha value is -3.24. The Morgan fingerprint density at radius 2 is 1.83 bits per heavy atom. The Balaban J connectivity index is 1.47. The minimum absolute atomic E-state index is 0.0401. The summed E-state index contributed by atoms with van der Waals surface area (Å²) in [5.41, 5.74) is 2.07. The molecule has 0 aliphatic heterocycles. The first kappa shape index (κ1) is 20.5. The summed E-state index contributed by atoms with van der Waals surface area (Å²) in [6.45, 7) is 0. The van der Waals surface area contributed by atoms with E-state index in [0.29, 0.717) is 22.1 Å². The second-order valence-corrected chi connectivity index (χ2v) is 7.72. The predicted octanol–water partition coefficient (Wildman–Crippen LogP) is 4.18. The van der Waals surface area contributed by atoms with Crippen molar-refractivity contribution in [3.05, 3.63) is 80.8 Å². The first-order chi connectivity index (χ1) is 14.0. The number of carbonyl (C=O) groups is 2. The summed E-state index contributed by atoms with van der Waals surface area (Å²) in [7, 11) is 0. The van der Waals surface area contributed by atoms with Gasteiger partial charge < -0.3 is 10.6 Å². The molecule has 0 saturated carbocycles. The molecule has 2 aromatic carbocycles. The number of rotatable bonds is 8. The average Bonchev–Trinajstić information content (AvgIpc) is 3.24. The molecule has 29 heavy (non-hydrogen) atoms. The molecule has 148 valence electrons. The zero-order valence-electron chi connectivity index (χ0n) is 15.0. The Kier molecular flexibility index (Phi) is 6.93. The lowest BCUT2D eigenvalue weighted by Gasteiger charge is -2.08. The Morgan fingerprint density at radius 1 is 1.10 bits per heavy atom. The van der Waals surface area contributed by atoms with Gasteiger partial charge in [0.05, 0.1) is 10.7 Å². The van der Waals surface area contributed by atoms with Crippen molar-refractivity contribution >= 4 is 52.0 Å². The molecular formula is C19H16N4O4S2. The SMILES string of the molecule is O=C(CSCc1ccc([N+](=O)[O-])cc1)Nc1cccc(NC(=O)c2nccs2)c1. The van der Waals surface area contributed by atoms with E-state index in [1.807, 2.05) is 0 Å².